The number of nitrogens with one attached hydrogen (secondary N) is 1. The van der Waals surface area contributed by atoms with Gasteiger partial charge in [-0.25, -0.2) is 4.98 Å². The summed E-state index contributed by atoms with van der Waals surface area (Å²) in [5.74, 6) is 1.93. The Labute approximate surface area is 111 Å². The number of nitrogens with zero attached hydrogens (tertiary/aromatic N) is 1. The van der Waals surface area contributed by atoms with Gasteiger partial charge in [-0.3, -0.25) is 0 Å². The molecule has 4 nitrogen and oxygen atoms in total. The highest BCUT2D eigenvalue weighted by Crippen LogP contribution is 2.42. The van der Waals surface area contributed by atoms with Crippen LogP contribution in [0.4, 0.5) is 5.82 Å². The van der Waals surface area contributed by atoms with Gasteiger partial charge in [-0.05, 0) is 19.1 Å². The lowest BCUT2D eigenvalue weighted by atomic mass is 10.1. The van der Waals surface area contributed by atoms with Gasteiger partial charge in [0.05, 0.1) is 19.2 Å². The van der Waals surface area contributed by atoms with Gasteiger partial charge in [0.2, 0.25) is 0 Å². The molecule has 0 aliphatic carbocycles. The third-order valence-corrected chi connectivity index (χ3v) is 3.07. The number of hydrogen-bond acceptors (Lipinski definition) is 4. The number of ether oxygens (including phenoxy) is 2. The summed E-state index contributed by atoms with van der Waals surface area (Å²) in [6, 6.07) is 3.74. The summed E-state index contributed by atoms with van der Waals surface area (Å²) in [5.41, 5.74) is 0. The number of halogens is 1. The van der Waals surface area contributed by atoms with Crippen LogP contribution in [-0.4, -0.2) is 25.7 Å². The number of benzene rings is 1. The van der Waals surface area contributed by atoms with Crippen molar-refractivity contribution >= 4 is 28.2 Å². The molecule has 1 aromatic carbocycles. The van der Waals surface area contributed by atoms with Crippen LogP contribution in [0.2, 0.25) is 5.02 Å². The van der Waals surface area contributed by atoms with E-state index in [1.54, 1.807) is 20.4 Å². The van der Waals surface area contributed by atoms with Crippen molar-refractivity contribution in [3.63, 3.8) is 0 Å². The Morgan fingerprint density at radius 2 is 2.06 bits per heavy atom. The van der Waals surface area contributed by atoms with Crippen LogP contribution in [-0.2, 0) is 0 Å². The van der Waals surface area contributed by atoms with Crippen LogP contribution >= 0.6 is 11.6 Å². The predicted molar refractivity (Wildman–Crippen MR) is 74.0 cm³/mol. The number of methoxy groups -OCH3 is 2. The van der Waals surface area contributed by atoms with Gasteiger partial charge < -0.3 is 14.8 Å². The standard InChI is InChI=1S/C13H15ClN2O2/c1-4-15-13-9-7-10(17-2)12(18-3)11(14)8(9)5-6-16-13/h5-7H,4H2,1-3H3,(H,15,16). The Bertz CT molecular complexity index is 572. The van der Waals surface area contributed by atoms with Crippen LogP contribution in [0.3, 0.4) is 0 Å². The molecular formula is C13H15ClN2O2. The van der Waals surface area contributed by atoms with Gasteiger partial charge in [-0.1, -0.05) is 11.6 Å². The van der Waals surface area contributed by atoms with E-state index in [2.05, 4.69) is 10.3 Å². The van der Waals surface area contributed by atoms with Crippen LogP contribution in [0.5, 0.6) is 11.5 Å². The minimum absolute atomic E-state index is 0.536. The molecule has 0 aliphatic heterocycles. The summed E-state index contributed by atoms with van der Waals surface area (Å²) in [4.78, 5) is 4.30. The lowest BCUT2D eigenvalue weighted by Crippen LogP contribution is -2.00. The average Bonchev–Trinajstić information content (AvgIpc) is 2.39. The van der Waals surface area contributed by atoms with Crippen molar-refractivity contribution in [2.45, 2.75) is 6.92 Å². The molecule has 1 N–H and O–H groups in total. The molecular weight excluding hydrogens is 252 g/mol. The fourth-order valence-electron chi connectivity index (χ4n) is 1.89. The average molecular weight is 267 g/mol. The van der Waals surface area contributed by atoms with E-state index in [4.69, 9.17) is 21.1 Å². The molecule has 0 saturated heterocycles. The van der Waals surface area contributed by atoms with Crippen molar-refractivity contribution in [1.82, 2.24) is 4.98 Å². The van der Waals surface area contributed by atoms with Gasteiger partial charge in [0.1, 0.15) is 5.82 Å². The van der Waals surface area contributed by atoms with E-state index in [1.807, 2.05) is 19.1 Å². The van der Waals surface area contributed by atoms with Crippen LogP contribution < -0.4 is 14.8 Å². The molecule has 0 radical (unpaired) electrons. The second-order valence-corrected chi connectivity index (χ2v) is 4.09. The minimum atomic E-state index is 0.536. The first kappa shape index (κ1) is 12.8. The zero-order valence-corrected chi connectivity index (χ0v) is 11.3. The van der Waals surface area contributed by atoms with E-state index in [1.165, 1.54) is 0 Å². The smallest absolute Gasteiger partial charge is 0.180 e. The second-order valence-electron chi connectivity index (χ2n) is 3.71. The van der Waals surface area contributed by atoms with Crippen molar-refractivity contribution in [3.8, 4) is 11.5 Å². The largest absolute Gasteiger partial charge is 0.493 e. The molecule has 0 saturated carbocycles. The monoisotopic (exact) mass is 266 g/mol. The van der Waals surface area contributed by atoms with Gasteiger partial charge in [-0.2, -0.15) is 0 Å². The molecule has 1 heterocycles. The Balaban J connectivity index is 2.76. The molecule has 0 fully saturated rings. The highest BCUT2D eigenvalue weighted by Gasteiger charge is 2.15. The molecule has 0 aliphatic rings. The Morgan fingerprint density at radius 3 is 2.67 bits per heavy atom. The van der Waals surface area contributed by atoms with Crippen molar-refractivity contribution in [2.24, 2.45) is 0 Å². The Hall–Kier alpha value is -1.68. The van der Waals surface area contributed by atoms with Crippen molar-refractivity contribution in [1.29, 1.82) is 0 Å². The number of fused-ring (bicyclic) bond motifs is 1. The summed E-state index contributed by atoms with van der Waals surface area (Å²) < 4.78 is 10.6. The van der Waals surface area contributed by atoms with E-state index in [-0.39, 0.29) is 0 Å². The van der Waals surface area contributed by atoms with Crippen LogP contribution in [0.25, 0.3) is 10.8 Å². The zero-order valence-electron chi connectivity index (χ0n) is 10.6. The number of anilines is 1. The van der Waals surface area contributed by atoms with E-state index >= 15 is 0 Å². The lowest BCUT2D eigenvalue weighted by molar-refractivity contribution is 0.356. The summed E-state index contributed by atoms with van der Waals surface area (Å²) in [5, 5.41) is 5.54. The van der Waals surface area contributed by atoms with Gasteiger partial charge in [0.15, 0.2) is 11.5 Å². The van der Waals surface area contributed by atoms with Crippen molar-refractivity contribution in [3.05, 3.63) is 23.4 Å². The number of rotatable bonds is 4. The van der Waals surface area contributed by atoms with Crippen molar-refractivity contribution in [2.75, 3.05) is 26.1 Å². The predicted octanol–water partition coefficient (Wildman–Crippen LogP) is 3.34. The molecule has 1 aromatic heterocycles. The van der Waals surface area contributed by atoms with Crippen LogP contribution in [0, 0.1) is 0 Å². The Kier molecular flexibility index (Phi) is 3.77. The molecule has 18 heavy (non-hydrogen) atoms. The maximum Gasteiger partial charge on any atom is 0.180 e. The van der Waals surface area contributed by atoms with Gasteiger partial charge in [0.25, 0.3) is 0 Å². The summed E-state index contributed by atoms with van der Waals surface area (Å²) in [6.45, 7) is 2.81. The molecule has 2 aromatic rings. The fraction of sp³-hybridized carbons (Fsp3) is 0.308. The zero-order chi connectivity index (χ0) is 13.1. The molecule has 96 valence electrons. The summed E-state index contributed by atoms with van der Waals surface area (Å²) >= 11 is 6.34. The first-order chi connectivity index (χ1) is 8.72. The quantitative estimate of drug-likeness (QED) is 0.922. The molecule has 0 unspecified atom stereocenters. The Morgan fingerprint density at radius 1 is 1.28 bits per heavy atom. The minimum Gasteiger partial charge on any atom is -0.493 e. The second kappa shape index (κ2) is 5.31. The third-order valence-electron chi connectivity index (χ3n) is 2.69. The first-order valence-electron chi connectivity index (χ1n) is 5.66. The highest BCUT2D eigenvalue weighted by atomic mass is 35.5. The SMILES string of the molecule is CCNc1nccc2c(Cl)c(OC)c(OC)cc12. The van der Waals surface area contributed by atoms with Crippen molar-refractivity contribution < 1.29 is 9.47 Å². The normalized spacial score (nSPS) is 10.4. The van der Waals surface area contributed by atoms with Crippen LogP contribution in [0.1, 0.15) is 6.92 Å². The van der Waals surface area contributed by atoms with Crippen LogP contribution in [0.15, 0.2) is 18.3 Å². The van der Waals surface area contributed by atoms with Gasteiger partial charge >= 0.3 is 0 Å². The number of hydrogen-bond donors (Lipinski definition) is 1. The van der Waals surface area contributed by atoms with E-state index in [0.29, 0.717) is 16.5 Å². The maximum absolute atomic E-state index is 6.34. The van der Waals surface area contributed by atoms with E-state index < -0.39 is 0 Å². The molecule has 2 rings (SSSR count). The van der Waals surface area contributed by atoms with E-state index in [0.717, 1.165) is 23.1 Å². The van der Waals surface area contributed by atoms with Gasteiger partial charge in [0, 0.05) is 23.5 Å². The molecule has 0 spiro atoms. The lowest BCUT2D eigenvalue weighted by Gasteiger charge is -2.14. The van der Waals surface area contributed by atoms with Gasteiger partial charge in [-0.15, -0.1) is 0 Å². The number of pyridine rings is 1. The third kappa shape index (κ3) is 2.04. The molecule has 0 bridgehead atoms. The number of aromatic nitrogens is 1. The fourth-order valence-corrected chi connectivity index (χ4v) is 2.22. The first-order valence-corrected chi connectivity index (χ1v) is 6.03. The summed E-state index contributed by atoms with van der Waals surface area (Å²) in [6.07, 6.45) is 1.72. The summed E-state index contributed by atoms with van der Waals surface area (Å²) in [7, 11) is 3.16. The maximum atomic E-state index is 6.34. The topological polar surface area (TPSA) is 43.4 Å². The molecule has 5 heteroatoms. The molecule has 0 atom stereocenters. The molecule has 0 amide bonds. The highest BCUT2D eigenvalue weighted by molar-refractivity contribution is 6.37. The van der Waals surface area contributed by atoms with E-state index in [9.17, 15) is 0 Å².